The highest BCUT2D eigenvalue weighted by molar-refractivity contribution is 9.10. The molecule has 2 heterocycles. The van der Waals surface area contributed by atoms with Crippen molar-refractivity contribution in [3.8, 4) is 9.88 Å². The van der Waals surface area contributed by atoms with Crippen LogP contribution in [-0.2, 0) is 4.74 Å². The number of carbonyl (C=O) groups is 1. The van der Waals surface area contributed by atoms with E-state index in [0.717, 1.165) is 14.4 Å². The van der Waals surface area contributed by atoms with Gasteiger partial charge in [0.05, 0.1) is 18.2 Å². The van der Waals surface area contributed by atoms with Crippen molar-refractivity contribution in [2.24, 2.45) is 0 Å². The van der Waals surface area contributed by atoms with E-state index in [1.807, 2.05) is 11.4 Å². The minimum atomic E-state index is -0.339. The molecule has 0 fully saturated rings. The van der Waals surface area contributed by atoms with E-state index in [0.29, 0.717) is 4.88 Å². The number of hydrogen-bond acceptors (Lipinski definition) is 5. The fraction of sp³-hybridized carbons (Fsp3) is 0.111. The highest BCUT2D eigenvalue weighted by Crippen LogP contribution is 2.32. The molecule has 0 unspecified atom stereocenters. The minimum absolute atomic E-state index is 0.339. The number of rotatable bonds is 2. The smallest absolute Gasteiger partial charge is 0.349 e. The van der Waals surface area contributed by atoms with E-state index in [2.05, 4.69) is 25.7 Å². The van der Waals surface area contributed by atoms with Crippen LogP contribution >= 0.6 is 38.6 Å². The number of carbonyl (C=O) groups excluding carboxylic acids is 1. The van der Waals surface area contributed by atoms with Crippen LogP contribution in [0.4, 0.5) is 0 Å². The molecule has 0 aromatic carbocycles. The quantitative estimate of drug-likeness (QED) is 0.798. The minimum Gasteiger partial charge on any atom is -0.465 e. The molecule has 0 saturated carbocycles. The standard InChI is InChI=1S/C9H6BrNO2S2/c1-13-9(12)7-3-11-8(15-7)6-2-5(10)4-14-6/h2-4H,1H3. The van der Waals surface area contributed by atoms with Gasteiger partial charge in [-0.05, 0) is 22.0 Å². The van der Waals surface area contributed by atoms with Gasteiger partial charge in [0.1, 0.15) is 9.88 Å². The molecule has 0 N–H and O–H groups in total. The van der Waals surface area contributed by atoms with Gasteiger partial charge >= 0.3 is 5.97 Å². The van der Waals surface area contributed by atoms with E-state index in [9.17, 15) is 4.79 Å². The summed E-state index contributed by atoms with van der Waals surface area (Å²) in [5.74, 6) is -0.339. The monoisotopic (exact) mass is 303 g/mol. The van der Waals surface area contributed by atoms with Crippen molar-refractivity contribution in [3.05, 3.63) is 27.0 Å². The van der Waals surface area contributed by atoms with Gasteiger partial charge in [0.2, 0.25) is 0 Å². The Kier molecular flexibility index (Phi) is 3.18. The average molecular weight is 304 g/mol. The van der Waals surface area contributed by atoms with Crippen molar-refractivity contribution in [2.75, 3.05) is 7.11 Å². The van der Waals surface area contributed by atoms with Crippen molar-refractivity contribution in [1.29, 1.82) is 0 Å². The highest BCUT2D eigenvalue weighted by Gasteiger charge is 2.12. The Bertz CT molecular complexity index is 492. The number of hydrogen-bond donors (Lipinski definition) is 0. The molecule has 2 aromatic rings. The van der Waals surface area contributed by atoms with E-state index in [1.165, 1.54) is 18.4 Å². The van der Waals surface area contributed by atoms with Crippen LogP contribution in [0.2, 0.25) is 0 Å². The van der Waals surface area contributed by atoms with Gasteiger partial charge in [-0.15, -0.1) is 22.7 Å². The molecule has 0 amide bonds. The first kappa shape index (κ1) is 10.8. The van der Waals surface area contributed by atoms with E-state index in [-0.39, 0.29) is 5.97 Å². The van der Waals surface area contributed by atoms with Crippen molar-refractivity contribution in [1.82, 2.24) is 4.98 Å². The lowest BCUT2D eigenvalue weighted by Crippen LogP contribution is -1.96. The van der Waals surface area contributed by atoms with Gasteiger partial charge in [0, 0.05) is 9.85 Å². The number of esters is 1. The van der Waals surface area contributed by atoms with E-state index in [1.54, 1.807) is 17.5 Å². The number of ether oxygens (including phenoxy) is 1. The number of halogens is 1. The second kappa shape index (κ2) is 4.42. The molecule has 2 aromatic heterocycles. The summed E-state index contributed by atoms with van der Waals surface area (Å²) < 4.78 is 5.64. The Morgan fingerprint density at radius 3 is 3.00 bits per heavy atom. The third-order valence-corrected chi connectivity index (χ3v) is 4.51. The van der Waals surface area contributed by atoms with Gasteiger partial charge in [0.15, 0.2) is 0 Å². The Morgan fingerprint density at radius 2 is 2.40 bits per heavy atom. The molecule has 0 aliphatic carbocycles. The highest BCUT2D eigenvalue weighted by atomic mass is 79.9. The molecule has 0 bridgehead atoms. The van der Waals surface area contributed by atoms with Crippen LogP contribution in [0.25, 0.3) is 9.88 Å². The van der Waals surface area contributed by atoms with Gasteiger partial charge in [-0.2, -0.15) is 0 Å². The summed E-state index contributed by atoms with van der Waals surface area (Å²) in [5.41, 5.74) is 0. The number of aromatic nitrogens is 1. The molecule has 0 spiro atoms. The SMILES string of the molecule is COC(=O)c1cnc(-c2cc(Br)cs2)s1. The van der Waals surface area contributed by atoms with Gasteiger partial charge in [-0.3, -0.25) is 0 Å². The molecule has 3 nitrogen and oxygen atoms in total. The van der Waals surface area contributed by atoms with Crippen LogP contribution in [0.3, 0.4) is 0 Å². The van der Waals surface area contributed by atoms with Gasteiger partial charge in [-0.1, -0.05) is 0 Å². The molecule has 2 rings (SSSR count). The molecule has 6 heteroatoms. The zero-order valence-electron chi connectivity index (χ0n) is 7.69. The number of thiazole rings is 1. The summed E-state index contributed by atoms with van der Waals surface area (Å²) in [6.07, 6.45) is 1.54. The number of nitrogens with zero attached hydrogens (tertiary/aromatic N) is 1. The lowest BCUT2D eigenvalue weighted by atomic mass is 10.5. The summed E-state index contributed by atoms with van der Waals surface area (Å²) >= 11 is 6.29. The zero-order valence-corrected chi connectivity index (χ0v) is 10.9. The lowest BCUT2D eigenvalue weighted by molar-refractivity contribution is 0.0606. The van der Waals surface area contributed by atoms with Crippen LogP contribution in [0.5, 0.6) is 0 Å². The summed E-state index contributed by atoms with van der Waals surface area (Å²) in [4.78, 5) is 17.0. The second-order valence-electron chi connectivity index (χ2n) is 2.65. The third kappa shape index (κ3) is 2.27. The fourth-order valence-electron chi connectivity index (χ4n) is 1.01. The van der Waals surface area contributed by atoms with Crippen LogP contribution < -0.4 is 0 Å². The third-order valence-electron chi connectivity index (χ3n) is 1.67. The second-order valence-corrected chi connectivity index (χ2v) is 5.51. The predicted molar refractivity (Wildman–Crippen MR) is 64.5 cm³/mol. The molecule has 0 saturated heterocycles. The molecule has 78 valence electrons. The van der Waals surface area contributed by atoms with Crippen molar-refractivity contribution in [2.45, 2.75) is 0 Å². The van der Waals surface area contributed by atoms with Crippen molar-refractivity contribution < 1.29 is 9.53 Å². The Morgan fingerprint density at radius 1 is 1.60 bits per heavy atom. The van der Waals surface area contributed by atoms with E-state index in [4.69, 9.17) is 0 Å². The van der Waals surface area contributed by atoms with Gasteiger partial charge in [-0.25, -0.2) is 9.78 Å². The van der Waals surface area contributed by atoms with E-state index < -0.39 is 0 Å². The van der Waals surface area contributed by atoms with Crippen molar-refractivity contribution >= 4 is 44.6 Å². The Hall–Kier alpha value is -0.720. The molecule has 0 aliphatic heterocycles. The Labute approximate surface area is 103 Å². The maximum atomic E-state index is 11.2. The first-order chi connectivity index (χ1) is 7.20. The fourth-order valence-corrected chi connectivity index (χ4v) is 3.34. The molecule has 0 radical (unpaired) electrons. The van der Waals surface area contributed by atoms with Gasteiger partial charge in [0.25, 0.3) is 0 Å². The van der Waals surface area contributed by atoms with E-state index >= 15 is 0 Å². The maximum Gasteiger partial charge on any atom is 0.349 e. The summed E-state index contributed by atoms with van der Waals surface area (Å²) in [6, 6.07) is 1.98. The molecule has 0 aliphatic rings. The molecule has 0 atom stereocenters. The van der Waals surface area contributed by atoms with Crippen LogP contribution in [0.15, 0.2) is 22.1 Å². The molecular weight excluding hydrogens is 298 g/mol. The average Bonchev–Trinajstić information content (AvgIpc) is 2.84. The molecule has 15 heavy (non-hydrogen) atoms. The number of thiophene rings is 1. The van der Waals surface area contributed by atoms with Crippen LogP contribution in [0.1, 0.15) is 9.67 Å². The molecular formula is C9H6BrNO2S2. The topological polar surface area (TPSA) is 39.2 Å². The largest absolute Gasteiger partial charge is 0.465 e. The summed E-state index contributed by atoms with van der Waals surface area (Å²) in [5, 5.41) is 2.82. The summed E-state index contributed by atoms with van der Waals surface area (Å²) in [7, 11) is 1.36. The van der Waals surface area contributed by atoms with Crippen molar-refractivity contribution in [3.63, 3.8) is 0 Å². The first-order valence-corrected chi connectivity index (χ1v) is 6.48. The number of methoxy groups -OCH3 is 1. The lowest BCUT2D eigenvalue weighted by Gasteiger charge is -1.90. The van der Waals surface area contributed by atoms with Crippen LogP contribution in [-0.4, -0.2) is 18.1 Å². The van der Waals surface area contributed by atoms with Crippen LogP contribution in [0, 0.1) is 0 Å². The predicted octanol–water partition coefficient (Wildman–Crippen LogP) is 3.42. The summed E-state index contributed by atoms with van der Waals surface area (Å²) in [6.45, 7) is 0. The zero-order chi connectivity index (χ0) is 10.8. The first-order valence-electron chi connectivity index (χ1n) is 3.99. The normalized spacial score (nSPS) is 10.3. The maximum absolute atomic E-state index is 11.2. The van der Waals surface area contributed by atoms with Gasteiger partial charge < -0.3 is 4.74 Å². The Balaban J connectivity index is 2.31.